The van der Waals surface area contributed by atoms with Gasteiger partial charge in [0.05, 0.1) is 9.79 Å². The molecule has 2 N–H and O–H groups in total. The van der Waals surface area contributed by atoms with Crippen molar-refractivity contribution < 1.29 is 10.2 Å². The van der Waals surface area contributed by atoms with Crippen LogP contribution in [0.5, 0.6) is 11.5 Å². The predicted molar refractivity (Wildman–Crippen MR) is 133 cm³/mol. The van der Waals surface area contributed by atoms with E-state index in [1.807, 2.05) is 0 Å². The van der Waals surface area contributed by atoms with Crippen LogP contribution in [0.25, 0.3) is 0 Å². The lowest BCUT2D eigenvalue weighted by Gasteiger charge is -2.24. The van der Waals surface area contributed by atoms with Crippen molar-refractivity contribution in [3.8, 4) is 11.5 Å². The molecule has 0 unspecified atom stereocenters. The fraction of sp³-hybridized carbons (Fsp3) is 0.538. The molecule has 0 aliphatic rings. The quantitative estimate of drug-likeness (QED) is 0.419. The van der Waals surface area contributed by atoms with Gasteiger partial charge in [0.15, 0.2) is 0 Å². The van der Waals surface area contributed by atoms with Crippen LogP contribution in [0.2, 0.25) is 0 Å². The van der Waals surface area contributed by atoms with E-state index in [2.05, 4.69) is 79.7 Å². The maximum absolute atomic E-state index is 11.0. The van der Waals surface area contributed by atoms with Gasteiger partial charge in [0, 0.05) is 11.1 Å². The van der Waals surface area contributed by atoms with E-state index in [4.69, 9.17) is 0 Å². The molecule has 0 amide bonds. The Morgan fingerprint density at radius 1 is 0.633 bits per heavy atom. The van der Waals surface area contributed by atoms with Crippen LogP contribution < -0.4 is 0 Å². The number of phenolic OH excluding ortho intramolecular Hbond substituents is 2. The highest BCUT2D eigenvalue weighted by Gasteiger charge is 2.24. The van der Waals surface area contributed by atoms with E-state index in [9.17, 15) is 10.2 Å². The molecular weight excluding hydrogens is 408 g/mol. The van der Waals surface area contributed by atoms with Gasteiger partial charge in [0.25, 0.3) is 0 Å². The van der Waals surface area contributed by atoms with E-state index in [1.165, 1.54) is 32.7 Å². The summed E-state index contributed by atoms with van der Waals surface area (Å²) < 4.78 is 0. The molecule has 0 heterocycles. The maximum Gasteiger partial charge on any atom is 0.133 e. The Kier molecular flexibility index (Phi) is 8.26. The van der Waals surface area contributed by atoms with Crippen LogP contribution in [-0.4, -0.2) is 10.2 Å². The van der Waals surface area contributed by atoms with Crippen LogP contribution in [0.15, 0.2) is 34.1 Å². The van der Waals surface area contributed by atoms with Crippen LogP contribution in [-0.2, 0) is 23.7 Å². The van der Waals surface area contributed by atoms with E-state index in [0.29, 0.717) is 11.5 Å². The smallest absolute Gasteiger partial charge is 0.133 e. The van der Waals surface area contributed by atoms with E-state index in [-0.39, 0.29) is 10.8 Å². The zero-order valence-electron chi connectivity index (χ0n) is 19.8. The molecule has 30 heavy (non-hydrogen) atoms. The molecule has 0 fully saturated rings. The third-order valence-electron chi connectivity index (χ3n) is 5.18. The molecule has 0 saturated heterocycles. The van der Waals surface area contributed by atoms with Gasteiger partial charge in [-0.2, -0.15) is 0 Å². The van der Waals surface area contributed by atoms with Gasteiger partial charge in [-0.05, 0) is 68.5 Å². The summed E-state index contributed by atoms with van der Waals surface area (Å²) in [4.78, 5) is 1.74. The molecule has 0 aliphatic heterocycles. The number of hydrogen-bond acceptors (Lipinski definition) is 4. The molecule has 4 heteroatoms. The maximum atomic E-state index is 11.0. The minimum absolute atomic E-state index is 0.129. The third kappa shape index (κ3) is 6.13. The molecule has 2 nitrogen and oxygen atoms in total. The molecule has 0 aliphatic carbocycles. The molecule has 2 aromatic carbocycles. The molecule has 0 bridgehead atoms. The number of phenols is 2. The van der Waals surface area contributed by atoms with Gasteiger partial charge in [-0.25, -0.2) is 0 Å². The number of rotatable bonds is 7. The second-order valence-electron chi connectivity index (χ2n) is 10.1. The average Bonchev–Trinajstić information content (AvgIpc) is 2.62. The summed E-state index contributed by atoms with van der Waals surface area (Å²) in [6, 6.07) is 8.49. The van der Waals surface area contributed by atoms with Crippen molar-refractivity contribution in [2.24, 2.45) is 0 Å². The first-order chi connectivity index (χ1) is 13.9. The van der Waals surface area contributed by atoms with Gasteiger partial charge < -0.3 is 10.2 Å². The summed E-state index contributed by atoms with van der Waals surface area (Å²) in [6.07, 6.45) is 4.13. The topological polar surface area (TPSA) is 40.5 Å². The summed E-state index contributed by atoms with van der Waals surface area (Å²) in [5, 5.41) is 22.0. The second kappa shape index (κ2) is 9.91. The van der Waals surface area contributed by atoms with Crippen LogP contribution in [0, 0.1) is 0 Å². The third-order valence-corrected chi connectivity index (χ3v) is 7.58. The van der Waals surface area contributed by atoms with E-state index in [0.717, 1.165) is 46.6 Å². The normalized spacial score (nSPS) is 12.4. The van der Waals surface area contributed by atoms with Crippen molar-refractivity contribution in [1.82, 2.24) is 0 Å². The minimum atomic E-state index is -0.129. The second-order valence-corrected chi connectivity index (χ2v) is 12.4. The lowest BCUT2D eigenvalue weighted by atomic mass is 9.85. The molecule has 0 spiro atoms. The Balaban J connectivity index is 2.45. The van der Waals surface area contributed by atoms with Gasteiger partial charge in [-0.3, -0.25) is 0 Å². The molecule has 2 rings (SSSR count). The number of benzene rings is 2. The van der Waals surface area contributed by atoms with E-state index < -0.39 is 0 Å². The zero-order valence-corrected chi connectivity index (χ0v) is 21.5. The molecule has 0 atom stereocenters. The SMILES string of the molecule is CCCc1cc(SSc2cc(CCC)cc(C(C)(C)C)c2O)c(O)c(C(C)(C)C)c1. The summed E-state index contributed by atoms with van der Waals surface area (Å²) in [5.41, 5.74) is 4.21. The highest BCUT2D eigenvalue weighted by Crippen LogP contribution is 2.49. The van der Waals surface area contributed by atoms with E-state index in [1.54, 1.807) is 0 Å². The Morgan fingerprint density at radius 2 is 0.967 bits per heavy atom. The van der Waals surface area contributed by atoms with Gasteiger partial charge in [0.1, 0.15) is 11.5 Å². The summed E-state index contributed by atoms with van der Waals surface area (Å²) >= 11 is 0. The van der Waals surface area contributed by atoms with Gasteiger partial charge in [0.2, 0.25) is 0 Å². The number of aryl methyl sites for hydroxylation is 2. The lowest BCUT2D eigenvalue weighted by Crippen LogP contribution is -2.12. The Bertz CT molecular complexity index is 801. The van der Waals surface area contributed by atoms with Gasteiger partial charge >= 0.3 is 0 Å². The van der Waals surface area contributed by atoms with E-state index >= 15 is 0 Å². The van der Waals surface area contributed by atoms with Gasteiger partial charge in [-0.15, -0.1) is 0 Å². The first-order valence-corrected chi connectivity index (χ1v) is 13.1. The first-order valence-electron chi connectivity index (χ1n) is 11.0. The molecule has 2 aromatic rings. The largest absolute Gasteiger partial charge is 0.506 e. The number of hydrogen-bond donors (Lipinski definition) is 2. The van der Waals surface area contributed by atoms with Gasteiger partial charge in [-0.1, -0.05) is 80.4 Å². The standard InChI is InChI=1S/C26H38O2S2/c1-9-11-17-13-19(25(3,4)5)23(27)21(15-17)29-30-22-16-18(12-10-2)14-20(24(22)28)26(6,7)8/h13-16,27-28H,9-12H2,1-8H3. The van der Waals surface area contributed by atoms with Crippen molar-refractivity contribution in [3.05, 3.63) is 46.5 Å². The summed E-state index contributed by atoms with van der Waals surface area (Å²) in [7, 11) is 3.07. The fourth-order valence-corrected chi connectivity index (χ4v) is 5.81. The molecule has 0 saturated carbocycles. The van der Waals surface area contributed by atoms with Crippen molar-refractivity contribution >= 4 is 21.6 Å². The fourth-order valence-electron chi connectivity index (χ4n) is 3.56. The monoisotopic (exact) mass is 446 g/mol. The van der Waals surface area contributed by atoms with Crippen molar-refractivity contribution in [3.63, 3.8) is 0 Å². The lowest BCUT2D eigenvalue weighted by molar-refractivity contribution is 0.433. The Labute approximate surface area is 191 Å². The molecule has 166 valence electrons. The highest BCUT2D eigenvalue weighted by atomic mass is 33.1. The Hall–Kier alpha value is -1.26. The van der Waals surface area contributed by atoms with Crippen LogP contribution in [0.4, 0.5) is 0 Å². The number of aromatic hydroxyl groups is 2. The summed E-state index contributed by atoms with van der Waals surface area (Å²) in [5.74, 6) is 0.722. The van der Waals surface area contributed by atoms with Crippen molar-refractivity contribution in [2.75, 3.05) is 0 Å². The van der Waals surface area contributed by atoms with Crippen LogP contribution >= 0.6 is 21.6 Å². The highest BCUT2D eigenvalue weighted by molar-refractivity contribution is 8.76. The zero-order chi connectivity index (χ0) is 22.7. The van der Waals surface area contributed by atoms with Crippen molar-refractivity contribution in [2.45, 2.75) is 102 Å². The molecule has 0 radical (unpaired) electrons. The Morgan fingerprint density at radius 3 is 1.23 bits per heavy atom. The minimum Gasteiger partial charge on any atom is -0.506 e. The first kappa shape index (κ1) is 25.0. The molecular formula is C26H38O2S2. The molecule has 0 aromatic heterocycles. The summed E-state index contributed by atoms with van der Waals surface area (Å²) in [6.45, 7) is 17.2. The average molecular weight is 447 g/mol. The van der Waals surface area contributed by atoms with Crippen LogP contribution in [0.3, 0.4) is 0 Å². The van der Waals surface area contributed by atoms with Crippen molar-refractivity contribution in [1.29, 1.82) is 0 Å². The predicted octanol–water partition coefficient (Wildman–Crippen LogP) is 8.40. The van der Waals surface area contributed by atoms with Crippen LogP contribution in [0.1, 0.15) is 90.5 Å².